The molecule has 31 heavy (non-hydrogen) atoms. The van der Waals surface area contributed by atoms with Crippen LogP contribution in [0.5, 0.6) is 0 Å². The first kappa shape index (κ1) is 18.2. The Hall–Kier alpha value is -3.64. The van der Waals surface area contributed by atoms with E-state index in [0.717, 1.165) is 22.4 Å². The fourth-order valence-electron chi connectivity index (χ4n) is 4.75. The van der Waals surface area contributed by atoms with Crippen LogP contribution in [-0.4, -0.2) is 21.4 Å². The zero-order valence-corrected chi connectivity index (χ0v) is 17.6. The van der Waals surface area contributed by atoms with Crippen molar-refractivity contribution in [3.63, 3.8) is 0 Å². The topological polar surface area (TPSA) is 57.7 Å². The van der Waals surface area contributed by atoms with Crippen LogP contribution >= 0.6 is 0 Å². The van der Waals surface area contributed by atoms with E-state index in [1.807, 2.05) is 48.5 Å². The number of carbonyl (C=O) groups excluding carboxylic acids is 1. The summed E-state index contributed by atoms with van der Waals surface area (Å²) in [6.07, 6.45) is 0. The molecule has 6 rings (SSSR count). The van der Waals surface area contributed by atoms with Gasteiger partial charge in [-0.3, -0.25) is 9.10 Å². The lowest BCUT2D eigenvalue weighted by Gasteiger charge is -2.32. The molecule has 0 aromatic heterocycles. The van der Waals surface area contributed by atoms with Gasteiger partial charge in [-0.15, -0.1) is 0 Å². The molecule has 4 aromatic rings. The summed E-state index contributed by atoms with van der Waals surface area (Å²) in [4.78, 5) is 14.4. The molecule has 2 aliphatic heterocycles. The molecule has 0 radical (unpaired) electrons. The molecule has 0 spiro atoms. The van der Waals surface area contributed by atoms with Crippen LogP contribution in [0.2, 0.25) is 0 Å². The van der Waals surface area contributed by atoms with Crippen molar-refractivity contribution < 1.29 is 13.2 Å². The van der Waals surface area contributed by atoms with Crippen molar-refractivity contribution in [3.8, 4) is 11.1 Å². The van der Waals surface area contributed by atoms with Gasteiger partial charge in [0.1, 0.15) is 0 Å². The quantitative estimate of drug-likeness (QED) is 0.462. The first-order valence-corrected chi connectivity index (χ1v) is 11.5. The number of benzene rings is 4. The standard InChI is InChI=1S/C25H18N2O3S/c1-26-22-13-14-23(19-10-6-11-20(24(19)22)25(26)28)31(29,30)27-15-16-7-2-3-8-17(16)18-9-4-5-12-21(18)27/h2-14H,15H2,1H3. The molecule has 0 aliphatic carbocycles. The number of anilines is 2. The van der Waals surface area contributed by atoms with Gasteiger partial charge in [0.05, 0.1) is 22.8 Å². The molecule has 4 aromatic carbocycles. The van der Waals surface area contributed by atoms with Crippen LogP contribution in [0.4, 0.5) is 11.4 Å². The Labute approximate surface area is 180 Å². The Bertz CT molecular complexity index is 1530. The van der Waals surface area contributed by atoms with Gasteiger partial charge < -0.3 is 4.90 Å². The van der Waals surface area contributed by atoms with E-state index < -0.39 is 10.0 Å². The van der Waals surface area contributed by atoms with E-state index in [2.05, 4.69) is 0 Å². The van der Waals surface area contributed by atoms with E-state index in [9.17, 15) is 13.2 Å². The van der Waals surface area contributed by atoms with Crippen LogP contribution in [0, 0.1) is 0 Å². The summed E-state index contributed by atoms with van der Waals surface area (Å²) < 4.78 is 29.5. The van der Waals surface area contributed by atoms with Crippen LogP contribution in [0.15, 0.2) is 83.8 Å². The highest BCUT2D eigenvalue weighted by molar-refractivity contribution is 7.93. The van der Waals surface area contributed by atoms with E-state index >= 15 is 0 Å². The first-order chi connectivity index (χ1) is 15.0. The highest BCUT2D eigenvalue weighted by Crippen LogP contribution is 2.44. The van der Waals surface area contributed by atoms with Gasteiger partial charge >= 0.3 is 0 Å². The molecule has 0 atom stereocenters. The van der Waals surface area contributed by atoms with Gasteiger partial charge in [0.15, 0.2) is 0 Å². The third-order valence-corrected chi connectivity index (χ3v) is 8.06. The van der Waals surface area contributed by atoms with Gasteiger partial charge in [0, 0.05) is 28.9 Å². The number of hydrogen-bond acceptors (Lipinski definition) is 3. The Morgan fingerprint density at radius 3 is 2.29 bits per heavy atom. The summed E-state index contributed by atoms with van der Waals surface area (Å²) in [5.41, 5.74) is 4.85. The van der Waals surface area contributed by atoms with Gasteiger partial charge in [-0.05, 0) is 35.4 Å². The highest BCUT2D eigenvalue weighted by Gasteiger charge is 2.35. The maximum Gasteiger partial charge on any atom is 0.265 e. The largest absolute Gasteiger partial charge is 0.311 e. The Morgan fingerprint density at radius 2 is 1.45 bits per heavy atom. The molecule has 2 aliphatic rings. The number of hydrogen-bond donors (Lipinski definition) is 0. The molecule has 0 saturated carbocycles. The van der Waals surface area contributed by atoms with E-state index in [1.54, 1.807) is 42.3 Å². The minimum Gasteiger partial charge on any atom is -0.311 e. The molecular formula is C25H18N2O3S. The lowest BCUT2D eigenvalue weighted by molar-refractivity contribution is 0.0999. The highest BCUT2D eigenvalue weighted by atomic mass is 32.2. The lowest BCUT2D eigenvalue weighted by Crippen LogP contribution is -2.33. The van der Waals surface area contributed by atoms with E-state index in [1.165, 1.54) is 4.31 Å². The predicted octanol–water partition coefficient (Wildman–Crippen LogP) is 4.81. The SMILES string of the molecule is CN1C(=O)c2cccc3c(S(=O)(=O)N4Cc5ccccc5-c5ccccc54)ccc1c23. The fraction of sp³-hybridized carbons (Fsp3) is 0.0800. The molecule has 2 heterocycles. The number of rotatable bonds is 2. The normalized spacial score (nSPS) is 14.7. The molecular weight excluding hydrogens is 408 g/mol. The zero-order valence-electron chi connectivity index (χ0n) is 16.7. The van der Waals surface area contributed by atoms with E-state index in [0.29, 0.717) is 22.0 Å². The number of carbonyl (C=O) groups is 1. The maximum atomic E-state index is 14.0. The van der Waals surface area contributed by atoms with E-state index in [-0.39, 0.29) is 17.3 Å². The second kappa shape index (κ2) is 6.18. The van der Waals surface area contributed by atoms with Crippen molar-refractivity contribution in [2.45, 2.75) is 11.4 Å². The molecule has 0 N–H and O–H groups in total. The molecule has 6 heteroatoms. The van der Waals surface area contributed by atoms with Crippen LogP contribution < -0.4 is 9.21 Å². The third-order valence-electron chi connectivity index (χ3n) is 6.24. The molecule has 0 bridgehead atoms. The first-order valence-electron chi connectivity index (χ1n) is 10.0. The molecule has 152 valence electrons. The maximum absolute atomic E-state index is 14.0. The van der Waals surface area contributed by atoms with Crippen LogP contribution in [0.25, 0.3) is 21.9 Å². The van der Waals surface area contributed by atoms with Crippen molar-refractivity contribution in [1.29, 1.82) is 0 Å². The van der Waals surface area contributed by atoms with Gasteiger partial charge in [-0.1, -0.05) is 54.6 Å². The molecule has 0 fully saturated rings. The summed E-state index contributed by atoms with van der Waals surface area (Å²) in [7, 11) is -2.17. The molecule has 1 amide bonds. The molecule has 5 nitrogen and oxygen atoms in total. The predicted molar refractivity (Wildman–Crippen MR) is 122 cm³/mol. The summed E-state index contributed by atoms with van der Waals surface area (Å²) in [5.74, 6) is -0.118. The number of fused-ring (bicyclic) bond motifs is 3. The summed E-state index contributed by atoms with van der Waals surface area (Å²) in [6.45, 7) is 0.261. The van der Waals surface area contributed by atoms with Crippen molar-refractivity contribution in [1.82, 2.24) is 0 Å². The fourth-order valence-corrected chi connectivity index (χ4v) is 6.40. The minimum absolute atomic E-state index is 0.118. The summed E-state index contributed by atoms with van der Waals surface area (Å²) in [6, 6.07) is 24.1. The smallest absolute Gasteiger partial charge is 0.265 e. The number of nitrogens with zero attached hydrogens (tertiary/aromatic N) is 2. The van der Waals surface area contributed by atoms with Gasteiger partial charge in [0.25, 0.3) is 15.9 Å². The monoisotopic (exact) mass is 426 g/mol. The van der Waals surface area contributed by atoms with Crippen molar-refractivity contribution in [2.75, 3.05) is 16.3 Å². The summed E-state index contributed by atoms with van der Waals surface area (Å²) >= 11 is 0. The molecule has 0 unspecified atom stereocenters. The number of sulfonamides is 1. The second-order valence-electron chi connectivity index (χ2n) is 7.86. The van der Waals surface area contributed by atoms with Crippen LogP contribution in [0.3, 0.4) is 0 Å². The van der Waals surface area contributed by atoms with Crippen molar-refractivity contribution >= 4 is 38.1 Å². The van der Waals surface area contributed by atoms with Crippen LogP contribution in [-0.2, 0) is 16.6 Å². The average molecular weight is 426 g/mol. The zero-order chi connectivity index (χ0) is 21.3. The van der Waals surface area contributed by atoms with E-state index in [4.69, 9.17) is 0 Å². The van der Waals surface area contributed by atoms with Gasteiger partial charge in [-0.25, -0.2) is 8.42 Å². The lowest BCUT2D eigenvalue weighted by atomic mass is 9.95. The Morgan fingerprint density at radius 1 is 0.742 bits per heavy atom. The number of para-hydroxylation sites is 1. The Kier molecular flexibility index (Phi) is 3.62. The van der Waals surface area contributed by atoms with Crippen molar-refractivity contribution in [3.05, 3.63) is 90.0 Å². The summed E-state index contributed by atoms with van der Waals surface area (Å²) in [5, 5.41) is 1.27. The van der Waals surface area contributed by atoms with Crippen LogP contribution in [0.1, 0.15) is 15.9 Å². The Balaban J connectivity index is 1.60. The third kappa shape index (κ3) is 2.36. The van der Waals surface area contributed by atoms with Crippen molar-refractivity contribution in [2.24, 2.45) is 0 Å². The molecule has 0 saturated heterocycles. The second-order valence-corrected chi connectivity index (χ2v) is 9.69. The minimum atomic E-state index is -3.88. The average Bonchev–Trinajstić information content (AvgIpc) is 3.05. The number of amides is 1. The van der Waals surface area contributed by atoms with Gasteiger partial charge in [0.2, 0.25) is 0 Å². The van der Waals surface area contributed by atoms with Gasteiger partial charge in [-0.2, -0.15) is 0 Å².